The molecule has 0 spiro atoms. The molecular weight excluding hydrogens is 244 g/mol. The maximum Gasteiger partial charge on any atom is 0.337 e. The zero-order valence-electron chi connectivity index (χ0n) is 10.6. The van der Waals surface area contributed by atoms with Crippen LogP contribution in [0.1, 0.15) is 16.1 Å². The number of hydrogen-bond donors (Lipinski definition) is 1. The Morgan fingerprint density at radius 2 is 2.11 bits per heavy atom. The molecule has 1 aliphatic heterocycles. The van der Waals surface area contributed by atoms with Crippen LogP contribution in [-0.4, -0.2) is 46.7 Å². The van der Waals surface area contributed by atoms with E-state index in [0.29, 0.717) is 25.3 Å². The van der Waals surface area contributed by atoms with Gasteiger partial charge >= 0.3 is 5.97 Å². The summed E-state index contributed by atoms with van der Waals surface area (Å²) in [6.07, 6.45) is 1.91. The van der Waals surface area contributed by atoms with Gasteiger partial charge in [-0.15, -0.1) is 0 Å². The highest BCUT2D eigenvalue weighted by molar-refractivity contribution is 5.91. The van der Waals surface area contributed by atoms with E-state index in [1.807, 2.05) is 28.8 Å². The fourth-order valence-electron chi connectivity index (χ4n) is 2.50. The van der Waals surface area contributed by atoms with Crippen molar-refractivity contribution >= 4 is 11.5 Å². The topological polar surface area (TPSA) is 54.2 Å². The van der Waals surface area contributed by atoms with Crippen molar-refractivity contribution in [3.8, 4) is 0 Å². The normalized spacial score (nSPS) is 16.8. The molecule has 5 heteroatoms. The lowest BCUT2D eigenvalue weighted by Gasteiger charge is -2.26. The molecule has 5 nitrogen and oxygen atoms in total. The van der Waals surface area contributed by atoms with Gasteiger partial charge in [0.15, 0.2) is 0 Å². The minimum absolute atomic E-state index is 0.387. The average molecular weight is 260 g/mol. The van der Waals surface area contributed by atoms with Gasteiger partial charge in [0.2, 0.25) is 0 Å². The zero-order chi connectivity index (χ0) is 13.2. The summed E-state index contributed by atoms with van der Waals surface area (Å²) in [5.41, 5.74) is 2.14. The molecule has 2 aromatic heterocycles. The largest absolute Gasteiger partial charge is 0.478 e. The van der Waals surface area contributed by atoms with E-state index in [9.17, 15) is 9.90 Å². The van der Waals surface area contributed by atoms with Crippen LogP contribution < -0.4 is 0 Å². The predicted molar refractivity (Wildman–Crippen MR) is 70.5 cm³/mol. The second-order valence-electron chi connectivity index (χ2n) is 4.69. The molecule has 0 bridgehead atoms. The maximum absolute atomic E-state index is 11.4. The van der Waals surface area contributed by atoms with Gasteiger partial charge in [0.1, 0.15) is 0 Å². The molecule has 1 saturated heterocycles. The van der Waals surface area contributed by atoms with Crippen molar-refractivity contribution in [2.75, 3.05) is 26.3 Å². The first kappa shape index (κ1) is 12.2. The van der Waals surface area contributed by atoms with E-state index in [1.165, 1.54) is 0 Å². The van der Waals surface area contributed by atoms with Crippen molar-refractivity contribution < 1.29 is 14.6 Å². The third-order valence-corrected chi connectivity index (χ3v) is 3.49. The standard InChI is InChI=1S/C14H16N2O3/c17-14(18)12-9-11-3-1-2-4-16(11)13(12)10-15-5-7-19-8-6-15/h1-4,9H,5-8,10H2,(H,17,18). The van der Waals surface area contributed by atoms with Gasteiger partial charge in [0, 0.05) is 31.3 Å². The molecule has 1 N–H and O–H groups in total. The summed E-state index contributed by atoms with van der Waals surface area (Å²) in [5, 5.41) is 9.34. The highest BCUT2D eigenvalue weighted by atomic mass is 16.5. The van der Waals surface area contributed by atoms with Crippen molar-refractivity contribution in [2.24, 2.45) is 0 Å². The minimum atomic E-state index is -0.869. The number of carbonyl (C=O) groups is 1. The van der Waals surface area contributed by atoms with Crippen molar-refractivity contribution in [3.63, 3.8) is 0 Å². The van der Waals surface area contributed by atoms with Gasteiger partial charge in [-0.25, -0.2) is 4.79 Å². The zero-order valence-corrected chi connectivity index (χ0v) is 10.6. The van der Waals surface area contributed by atoms with Gasteiger partial charge in [0.25, 0.3) is 0 Å². The van der Waals surface area contributed by atoms with Crippen LogP contribution in [0.25, 0.3) is 5.52 Å². The summed E-state index contributed by atoms with van der Waals surface area (Å²) >= 11 is 0. The Labute approximate surface area is 111 Å². The Bertz CT molecular complexity index is 600. The molecular formula is C14H16N2O3. The maximum atomic E-state index is 11.4. The van der Waals surface area contributed by atoms with Gasteiger partial charge in [-0.2, -0.15) is 0 Å². The number of hydrogen-bond acceptors (Lipinski definition) is 3. The van der Waals surface area contributed by atoms with E-state index in [2.05, 4.69) is 4.90 Å². The molecule has 1 fully saturated rings. The number of carboxylic acid groups (broad SMARTS) is 1. The summed E-state index contributed by atoms with van der Waals surface area (Å²) in [7, 11) is 0. The number of aromatic nitrogens is 1. The number of morpholine rings is 1. The van der Waals surface area contributed by atoms with Crippen molar-refractivity contribution in [3.05, 3.63) is 41.7 Å². The Hall–Kier alpha value is -1.85. The van der Waals surface area contributed by atoms with Crippen molar-refractivity contribution in [1.29, 1.82) is 0 Å². The summed E-state index contributed by atoms with van der Waals surface area (Å²) < 4.78 is 7.28. The second kappa shape index (κ2) is 5.03. The summed E-state index contributed by atoms with van der Waals surface area (Å²) in [6, 6.07) is 7.49. The monoisotopic (exact) mass is 260 g/mol. The van der Waals surface area contributed by atoms with Crippen molar-refractivity contribution in [1.82, 2.24) is 9.30 Å². The Balaban J connectivity index is 1.99. The molecule has 19 heavy (non-hydrogen) atoms. The fraction of sp³-hybridized carbons (Fsp3) is 0.357. The van der Waals surface area contributed by atoms with E-state index < -0.39 is 5.97 Å². The number of carboxylic acids is 1. The number of ether oxygens (including phenoxy) is 1. The number of nitrogens with zero attached hydrogens (tertiary/aromatic N) is 2. The van der Waals surface area contributed by atoms with E-state index in [0.717, 1.165) is 24.3 Å². The lowest BCUT2D eigenvalue weighted by molar-refractivity contribution is 0.0333. The first-order valence-corrected chi connectivity index (χ1v) is 6.38. The quantitative estimate of drug-likeness (QED) is 0.908. The minimum Gasteiger partial charge on any atom is -0.478 e. The number of aromatic carboxylic acids is 1. The van der Waals surface area contributed by atoms with E-state index in [-0.39, 0.29) is 0 Å². The van der Waals surface area contributed by atoms with E-state index in [1.54, 1.807) is 6.07 Å². The highest BCUT2D eigenvalue weighted by Crippen LogP contribution is 2.19. The number of pyridine rings is 1. The molecule has 100 valence electrons. The SMILES string of the molecule is O=C(O)c1cc2ccccn2c1CN1CCOCC1. The van der Waals surface area contributed by atoms with Crippen LogP contribution in [0.5, 0.6) is 0 Å². The first-order chi connectivity index (χ1) is 9.25. The first-order valence-electron chi connectivity index (χ1n) is 6.38. The molecule has 0 saturated carbocycles. The molecule has 0 aliphatic carbocycles. The van der Waals surface area contributed by atoms with Gasteiger partial charge in [-0.3, -0.25) is 4.90 Å². The lowest BCUT2D eigenvalue weighted by Crippen LogP contribution is -2.36. The van der Waals surface area contributed by atoms with Gasteiger partial charge in [0.05, 0.1) is 24.5 Å². The van der Waals surface area contributed by atoms with E-state index >= 15 is 0 Å². The van der Waals surface area contributed by atoms with Crippen LogP contribution in [0.2, 0.25) is 0 Å². The predicted octanol–water partition coefficient (Wildman–Crippen LogP) is 1.47. The fourth-order valence-corrected chi connectivity index (χ4v) is 2.50. The van der Waals surface area contributed by atoms with Crippen LogP contribution in [0.15, 0.2) is 30.5 Å². The van der Waals surface area contributed by atoms with Crippen LogP contribution in [0, 0.1) is 0 Å². The summed E-state index contributed by atoms with van der Waals surface area (Å²) in [5.74, 6) is -0.869. The Kier molecular flexibility index (Phi) is 3.23. The molecule has 0 radical (unpaired) electrons. The van der Waals surface area contributed by atoms with Crippen LogP contribution in [-0.2, 0) is 11.3 Å². The molecule has 0 atom stereocenters. The average Bonchev–Trinajstić information content (AvgIpc) is 2.79. The molecule has 0 aromatic carbocycles. The van der Waals surface area contributed by atoms with Crippen LogP contribution in [0.3, 0.4) is 0 Å². The molecule has 3 heterocycles. The molecule has 0 amide bonds. The van der Waals surface area contributed by atoms with Crippen LogP contribution >= 0.6 is 0 Å². The molecule has 3 rings (SSSR count). The third-order valence-electron chi connectivity index (χ3n) is 3.49. The second-order valence-corrected chi connectivity index (χ2v) is 4.69. The lowest BCUT2D eigenvalue weighted by atomic mass is 10.2. The van der Waals surface area contributed by atoms with Gasteiger partial charge in [-0.05, 0) is 18.2 Å². The summed E-state index contributed by atoms with van der Waals surface area (Å²) in [6.45, 7) is 3.76. The number of fused-ring (bicyclic) bond motifs is 1. The van der Waals surface area contributed by atoms with Crippen molar-refractivity contribution in [2.45, 2.75) is 6.54 Å². The molecule has 0 unspecified atom stereocenters. The molecule has 1 aliphatic rings. The Morgan fingerprint density at radius 3 is 2.84 bits per heavy atom. The van der Waals surface area contributed by atoms with Crippen LogP contribution in [0.4, 0.5) is 0 Å². The van der Waals surface area contributed by atoms with Gasteiger partial charge in [-0.1, -0.05) is 6.07 Å². The summed E-state index contributed by atoms with van der Waals surface area (Å²) in [4.78, 5) is 13.6. The smallest absolute Gasteiger partial charge is 0.337 e. The number of rotatable bonds is 3. The highest BCUT2D eigenvalue weighted by Gasteiger charge is 2.19. The van der Waals surface area contributed by atoms with Gasteiger partial charge < -0.3 is 14.2 Å². The molecule has 2 aromatic rings. The Morgan fingerprint density at radius 1 is 1.32 bits per heavy atom. The third kappa shape index (κ3) is 2.34. The van der Waals surface area contributed by atoms with E-state index in [4.69, 9.17) is 4.74 Å².